The summed E-state index contributed by atoms with van der Waals surface area (Å²) in [6, 6.07) is 20.5. The molecular formula is C29H29N5O4. The van der Waals surface area contributed by atoms with Crippen LogP contribution >= 0.6 is 0 Å². The molecular weight excluding hydrogens is 482 g/mol. The molecule has 3 aromatic carbocycles. The maximum absolute atomic E-state index is 13.6. The number of aryl methyl sites for hydroxylation is 1. The fraction of sp³-hybridized carbons (Fsp3) is 0.207. The fourth-order valence-electron chi connectivity index (χ4n) is 4.50. The van der Waals surface area contributed by atoms with Crippen LogP contribution in [0.25, 0.3) is 0 Å². The summed E-state index contributed by atoms with van der Waals surface area (Å²) >= 11 is 0. The molecule has 4 aromatic rings. The maximum atomic E-state index is 13.6. The van der Waals surface area contributed by atoms with Gasteiger partial charge in [-0.25, -0.2) is 4.68 Å². The average molecular weight is 512 g/mol. The van der Waals surface area contributed by atoms with Crippen molar-refractivity contribution >= 4 is 17.5 Å². The number of amides is 1. The number of hydrogen-bond acceptors (Lipinski definition) is 7. The van der Waals surface area contributed by atoms with E-state index in [-0.39, 0.29) is 5.91 Å². The molecule has 5 rings (SSSR count). The number of anilines is 2. The van der Waals surface area contributed by atoms with E-state index in [0.717, 1.165) is 11.1 Å². The zero-order valence-corrected chi connectivity index (χ0v) is 21.7. The molecule has 0 aliphatic carbocycles. The van der Waals surface area contributed by atoms with Crippen LogP contribution in [0.1, 0.15) is 29.7 Å². The first kappa shape index (κ1) is 24.9. The highest BCUT2D eigenvalue weighted by molar-refractivity contribution is 6.06. The number of carbonyl (C=O) groups is 1. The van der Waals surface area contributed by atoms with Crippen LogP contribution in [0, 0.1) is 6.92 Å². The summed E-state index contributed by atoms with van der Waals surface area (Å²) in [7, 11) is 3.20. The Balaban J connectivity index is 1.46. The summed E-state index contributed by atoms with van der Waals surface area (Å²) in [5.41, 5.74) is 4.88. The first-order valence-electron chi connectivity index (χ1n) is 12.2. The minimum absolute atomic E-state index is 0.259. The molecule has 2 heterocycles. The highest BCUT2D eigenvalue weighted by Crippen LogP contribution is 2.39. The van der Waals surface area contributed by atoms with Crippen molar-refractivity contribution in [1.29, 1.82) is 0 Å². The maximum Gasteiger partial charge on any atom is 0.255 e. The van der Waals surface area contributed by atoms with Crippen molar-refractivity contribution in [3.05, 3.63) is 101 Å². The molecule has 0 radical (unpaired) electrons. The van der Waals surface area contributed by atoms with Gasteiger partial charge in [-0.05, 0) is 61.4 Å². The molecule has 0 fully saturated rings. The van der Waals surface area contributed by atoms with Crippen LogP contribution in [-0.4, -0.2) is 34.9 Å². The molecule has 38 heavy (non-hydrogen) atoms. The van der Waals surface area contributed by atoms with Gasteiger partial charge in [0, 0.05) is 11.4 Å². The summed E-state index contributed by atoms with van der Waals surface area (Å²) in [4.78, 5) is 17.9. The van der Waals surface area contributed by atoms with E-state index in [1.807, 2.05) is 50.2 Å². The van der Waals surface area contributed by atoms with Gasteiger partial charge in [-0.3, -0.25) is 4.79 Å². The third-order valence-corrected chi connectivity index (χ3v) is 6.37. The molecule has 1 atom stereocenters. The lowest BCUT2D eigenvalue weighted by atomic mass is 9.94. The third kappa shape index (κ3) is 5.04. The van der Waals surface area contributed by atoms with E-state index in [9.17, 15) is 4.79 Å². The summed E-state index contributed by atoms with van der Waals surface area (Å²) in [5, 5.41) is 10.6. The van der Waals surface area contributed by atoms with Gasteiger partial charge in [0.2, 0.25) is 5.95 Å². The van der Waals surface area contributed by atoms with Gasteiger partial charge in [0.25, 0.3) is 5.91 Å². The summed E-state index contributed by atoms with van der Waals surface area (Å²) in [6.07, 6.45) is 1.46. The van der Waals surface area contributed by atoms with E-state index < -0.39 is 6.04 Å². The normalized spacial score (nSPS) is 14.4. The lowest BCUT2D eigenvalue weighted by Gasteiger charge is -2.29. The zero-order chi connectivity index (χ0) is 26.6. The van der Waals surface area contributed by atoms with Gasteiger partial charge in [-0.2, -0.15) is 10.1 Å². The Hall–Kier alpha value is -4.79. The second-order valence-electron chi connectivity index (χ2n) is 8.97. The standard InChI is InChI=1S/C29H29N5O4/c1-18-6-5-7-20(14-18)16-38-24-13-8-21(15-25(24)37-4)27-26(19(2)32-29-30-17-31-34(27)29)28(35)33-22-9-11-23(36-3)12-10-22/h5-15,17,27H,16H2,1-4H3,(H,33,35)(H,30,31,32)/t27-/m0/s1. The number of nitrogens with one attached hydrogen (secondary N) is 2. The molecule has 0 saturated heterocycles. The summed E-state index contributed by atoms with van der Waals surface area (Å²) in [5.74, 6) is 2.16. The van der Waals surface area contributed by atoms with Crippen LogP contribution in [0.2, 0.25) is 0 Å². The Bertz CT molecular complexity index is 1490. The van der Waals surface area contributed by atoms with Crippen molar-refractivity contribution in [2.75, 3.05) is 24.9 Å². The van der Waals surface area contributed by atoms with Crippen LogP contribution in [0.5, 0.6) is 17.2 Å². The predicted molar refractivity (Wildman–Crippen MR) is 145 cm³/mol. The van der Waals surface area contributed by atoms with Crippen LogP contribution in [0.15, 0.2) is 84.3 Å². The number of nitrogens with zero attached hydrogens (tertiary/aromatic N) is 3. The lowest BCUT2D eigenvalue weighted by Crippen LogP contribution is -2.31. The van der Waals surface area contributed by atoms with E-state index in [4.69, 9.17) is 14.2 Å². The second-order valence-corrected chi connectivity index (χ2v) is 8.97. The van der Waals surface area contributed by atoms with Crippen molar-refractivity contribution in [3.8, 4) is 17.2 Å². The Morgan fingerprint density at radius 3 is 2.55 bits per heavy atom. The summed E-state index contributed by atoms with van der Waals surface area (Å²) < 4.78 is 18.7. The van der Waals surface area contributed by atoms with Gasteiger partial charge in [0.1, 0.15) is 24.7 Å². The largest absolute Gasteiger partial charge is 0.497 e. The summed E-state index contributed by atoms with van der Waals surface area (Å²) in [6.45, 7) is 4.31. The average Bonchev–Trinajstić information content (AvgIpc) is 3.39. The van der Waals surface area contributed by atoms with Crippen molar-refractivity contribution < 1.29 is 19.0 Å². The lowest BCUT2D eigenvalue weighted by molar-refractivity contribution is -0.113. The van der Waals surface area contributed by atoms with E-state index >= 15 is 0 Å². The molecule has 1 amide bonds. The monoisotopic (exact) mass is 511 g/mol. The Morgan fingerprint density at radius 1 is 1.00 bits per heavy atom. The van der Waals surface area contributed by atoms with Gasteiger partial charge >= 0.3 is 0 Å². The zero-order valence-electron chi connectivity index (χ0n) is 21.7. The number of carbonyl (C=O) groups excluding carboxylic acids is 1. The fourth-order valence-corrected chi connectivity index (χ4v) is 4.50. The van der Waals surface area contributed by atoms with E-state index in [0.29, 0.717) is 46.8 Å². The molecule has 1 aliphatic rings. The van der Waals surface area contributed by atoms with Crippen molar-refractivity contribution in [2.24, 2.45) is 0 Å². The molecule has 2 N–H and O–H groups in total. The molecule has 9 heteroatoms. The predicted octanol–water partition coefficient (Wildman–Crippen LogP) is 5.11. The molecule has 0 unspecified atom stereocenters. The number of fused-ring (bicyclic) bond motifs is 1. The first-order chi connectivity index (χ1) is 18.5. The second kappa shape index (κ2) is 10.7. The molecule has 194 valence electrons. The minimum Gasteiger partial charge on any atom is -0.497 e. The minimum atomic E-state index is -0.535. The van der Waals surface area contributed by atoms with Crippen molar-refractivity contribution in [3.63, 3.8) is 0 Å². The van der Waals surface area contributed by atoms with Crippen LogP contribution < -0.4 is 24.8 Å². The van der Waals surface area contributed by atoms with Crippen LogP contribution in [0.3, 0.4) is 0 Å². The molecule has 9 nitrogen and oxygen atoms in total. The Kier molecular flexibility index (Phi) is 6.99. The number of aromatic nitrogens is 3. The van der Waals surface area contributed by atoms with Gasteiger partial charge in [-0.15, -0.1) is 0 Å². The van der Waals surface area contributed by atoms with E-state index in [1.54, 1.807) is 43.2 Å². The van der Waals surface area contributed by atoms with Gasteiger partial charge in [-0.1, -0.05) is 35.9 Å². The third-order valence-electron chi connectivity index (χ3n) is 6.37. The van der Waals surface area contributed by atoms with Crippen LogP contribution in [0.4, 0.5) is 11.6 Å². The number of hydrogen-bond donors (Lipinski definition) is 2. The molecule has 1 aromatic heterocycles. The van der Waals surface area contributed by atoms with Crippen molar-refractivity contribution in [2.45, 2.75) is 26.5 Å². The molecule has 0 saturated carbocycles. The van der Waals surface area contributed by atoms with Crippen molar-refractivity contribution in [1.82, 2.24) is 14.8 Å². The number of ether oxygens (including phenoxy) is 3. The number of benzene rings is 3. The van der Waals surface area contributed by atoms with E-state index in [1.165, 1.54) is 11.9 Å². The first-order valence-corrected chi connectivity index (χ1v) is 12.2. The van der Waals surface area contributed by atoms with Gasteiger partial charge in [0.05, 0.1) is 19.8 Å². The molecule has 0 spiro atoms. The topological polar surface area (TPSA) is 99.5 Å². The molecule has 1 aliphatic heterocycles. The smallest absolute Gasteiger partial charge is 0.255 e. The van der Waals surface area contributed by atoms with Gasteiger partial charge in [0.15, 0.2) is 11.5 Å². The van der Waals surface area contributed by atoms with E-state index in [2.05, 4.69) is 26.8 Å². The Morgan fingerprint density at radius 2 is 1.82 bits per heavy atom. The van der Waals surface area contributed by atoms with Crippen LogP contribution in [-0.2, 0) is 11.4 Å². The van der Waals surface area contributed by atoms with Gasteiger partial charge < -0.3 is 24.8 Å². The quantitative estimate of drug-likeness (QED) is 0.339. The number of allylic oxidation sites excluding steroid dienone is 1. The SMILES string of the molecule is COc1ccc(NC(=O)C2=C(C)Nc3ncnn3[C@H]2c2ccc(OCc3cccc(C)c3)c(OC)c2)cc1. The molecule has 0 bridgehead atoms. The number of rotatable bonds is 8. The Labute approximate surface area is 221 Å². The highest BCUT2D eigenvalue weighted by Gasteiger charge is 2.34. The number of methoxy groups -OCH3 is 2. The highest BCUT2D eigenvalue weighted by atomic mass is 16.5.